The van der Waals surface area contributed by atoms with Crippen molar-refractivity contribution in [2.45, 2.75) is 12.5 Å². The Hall–Kier alpha value is -0.120. The van der Waals surface area contributed by atoms with Crippen molar-refractivity contribution >= 4 is 0 Å². The molecule has 0 aromatic heterocycles. The van der Waals surface area contributed by atoms with Gasteiger partial charge in [0, 0.05) is 13.7 Å². The van der Waals surface area contributed by atoms with Crippen molar-refractivity contribution in [2.24, 2.45) is 0 Å². The lowest BCUT2D eigenvalue weighted by Crippen LogP contribution is -2.31. The lowest BCUT2D eigenvalue weighted by molar-refractivity contribution is -0.00208. The fourth-order valence-electron chi connectivity index (χ4n) is 1.02. The van der Waals surface area contributed by atoms with Gasteiger partial charge in [0.05, 0.1) is 19.3 Å². The Morgan fingerprint density at radius 3 is 3.20 bits per heavy atom. The third-order valence-electron chi connectivity index (χ3n) is 1.70. The highest BCUT2D eigenvalue weighted by atomic mass is 16.5. The second-order valence-corrected chi connectivity index (χ2v) is 2.47. The van der Waals surface area contributed by atoms with E-state index < -0.39 is 0 Å². The summed E-state index contributed by atoms with van der Waals surface area (Å²) >= 11 is 0. The molecule has 0 aliphatic carbocycles. The first kappa shape index (κ1) is 7.98. The minimum Gasteiger partial charge on any atom is -0.379 e. The van der Waals surface area contributed by atoms with Gasteiger partial charge in [-0.15, -0.1) is 0 Å². The van der Waals surface area contributed by atoms with E-state index in [1.54, 1.807) is 7.11 Å². The summed E-state index contributed by atoms with van der Waals surface area (Å²) in [6.45, 7) is 3.57. The van der Waals surface area contributed by atoms with Crippen LogP contribution in [0.15, 0.2) is 0 Å². The van der Waals surface area contributed by atoms with Crippen LogP contribution in [0.2, 0.25) is 0 Å². The van der Waals surface area contributed by atoms with E-state index >= 15 is 0 Å². The van der Waals surface area contributed by atoms with Gasteiger partial charge in [0.15, 0.2) is 0 Å². The summed E-state index contributed by atoms with van der Waals surface area (Å²) in [7, 11) is 1.73. The number of ether oxygens (including phenoxy) is 2. The average molecular weight is 145 g/mol. The number of rotatable bonds is 1. The molecule has 3 heteroatoms. The number of methoxy groups -OCH3 is 1. The maximum atomic E-state index is 5.29. The summed E-state index contributed by atoms with van der Waals surface area (Å²) in [5.74, 6) is 0. The molecule has 0 radical (unpaired) electrons. The molecule has 1 N–H and O–H groups in total. The molecule has 1 saturated heterocycles. The first-order valence-corrected chi connectivity index (χ1v) is 3.74. The molecule has 1 aliphatic rings. The zero-order chi connectivity index (χ0) is 7.23. The fraction of sp³-hybridized carbons (Fsp3) is 1.00. The summed E-state index contributed by atoms with van der Waals surface area (Å²) < 4.78 is 10.5. The molecule has 1 atom stereocenters. The Labute approximate surface area is 61.7 Å². The molecule has 1 aliphatic heterocycles. The van der Waals surface area contributed by atoms with Crippen molar-refractivity contribution in [1.82, 2.24) is 5.32 Å². The highest BCUT2D eigenvalue weighted by Gasteiger charge is 2.08. The van der Waals surface area contributed by atoms with Crippen LogP contribution in [0.4, 0.5) is 0 Å². The Morgan fingerprint density at radius 2 is 2.40 bits per heavy atom. The van der Waals surface area contributed by atoms with Crippen LogP contribution in [0.1, 0.15) is 6.42 Å². The number of hydrogen-bond acceptors (Lipinski definition) is 3. The van der Waals surface area contributed by atoms with E-state index in [0.717, 1.165) is 32.7 Å². The molecular formula is C7H15NO2. The molecule has 60 valence electrons. The van der Waals surface area contributed by atoms with Crippen molar-refractivity contribution in [2.75, 3.05) is 33.4 Å². The van der Waals surface area contributed by atoms with E-state index in [2.05, 4.69) is 5.32 Å². The van der Waals surface area contributed by atoms with Gasteiger partial charge in [-0.3, -0.25) is 0 Å². The lowest BCUT2D eigenvalue weighted by Gasteiger charge is -2.18. The quantitative estimate of drug-likeness (QED) is 0.564. The molecule has 0 aromatic rings. The molecule has 0 spiro atoms. The Balaban J connectivity index is 2.16. The Bertz CT molecular complexity index is 79.7. The van der Waals surface area contributed by atoms with Crippen LogP contribution >= 0.6 is 0 Å². The minimum absolute atomic E-state index is 0.285. The maximum Gasteiger partial charge on any atom is 0.0816 e. The van der Waals surface area contributed by atoms with Gasteiger partial charge >= 0.3 is 0 Å². The molecule has 1 fully saturated rings. The van der Waals surface area contributed by atoms with Crippen molar-refractivity contribution in [3.05, 3.63) is 0 Å². The molecule has 1 heterocycles. The summed E-state index contributed by atoms with van der Waals surface area (Å²) in [4.78, 5) is 0. The maximum absolute atomic E-state index is 5.29. The number of nitrogens with one attached hydrogen (secondary N) is 1. The van der Waals surface area contributed by atoms with Crippen LogP contribution in [0.3, 0.4) is 0 Å². The van der Waals surface area contributed by atoms with Crippen molar-refractivity contribution < 1.29 is 9.47 Å². The normalized spacial score (nSPS) is 29.1. The molecule has 0 bridgehead atoms. The minimum atomic E-state index is 0.285. The predicted molar refractivity (Wildman–Crippen MR) is 39.1 cm³/mol. The van der Waals surface area contributed by atoms with Crippen LogP contribution in [0, 0.1) is 0 Å². The molecule has 3 nitrogen and oxygen atoms in total. The SMILES string of the molecule is COC1CCNCCOC1. The van der Waals surface area contributed by atoms with Gasteiger partial charge in [0.2, 0.25) is 0 Å². The zero-order valence-electron chi connectivity index (χ0n) is 6.43. The summed E-state index contributed by atoms with van der Waals surface area (Å²) in [5, 5.41) is 3.25. The molecule has 10 heavy (non-hydrogen) atoms. The van der Waals surface area contributed by atoms with E-state index in [1.807, 2.05) is 0 Å². The molecule has 1 rings (SSSR count). The van der Waals surface area contributed by atoms with Crippen LogP contribution in [-0.2, 0) is 9.47 Å². The van der Waals surface area contributed by atoms with Gasteiger partial charge in [0.25, 0.3) is 0 Å². The predicted octanol–water partition coefficient (Wildman–Crippen LogP) is 0.0113. The molecule has 0 aromatic carbocycles. The van der Waals surface area contributed by atoms with Crippen LogP contribution in [0.5, 0.6) is 0 Å². The first-order chi connectivity index (χ1) is 4.93. The van der Waals surface area contributed by atoms with Crippen LogP contribution in [0.25, 0.3) is 0 Å². The summed E-state index contributed by atoms with van der Waals surface area (Å²) in [6, 6.07) is 0. The van der Waals surface area contributed by atoms with Gasteiger partial charge in [-0.25, -0.2) is 0 Å². The topological polar surface area (TPSA) is 30.5 Å². The first-order valence-electron chi connectivity index (χ1n) is 3.74. The van der Waals surface area contributed by atoms with Crippen molar-refractivity contribution in [3.63, 3.8) is 0 Å². The van der Waals surface area contributed by atoms with E-state index in [1.165, 1.54) is 0 Å². The average Bonchev–Trinajstić information content (AvgIpc) is 1.87. The third kappa shape index (κ3) is 2.64. The second-order valence-electron chi connectivity index (χ2n) is 2.47. The molecule has 0 amide bonds. The largest absolute Gasteiger partial charge is 0.379 e. The van der Waals surface area contributed by atoms with Gasteiger partial charge in [0.1, 0.15) is 0 Å². The van der Waals surface area contributed by atoms with Crippen molar-refractivity contribution in [1.29, 1.82) is 0 Å². The number of hydrogen-bond donors (Lipinski definition) is 1. The highest BCUT2D eigenvalue weighted by molar-refractivity contribution is 4.61. The molecular weight excluding hydrogens is 130 g/mol. The summed E-state index contributed by atoms with van der Waals surface area (Å²) in [6.07, 6.45) is 1.34. The Morgan fingerprint density at radius 1 is 1.50 bits per heavy atom. The second kappa shape index (κ2) is 4.66. The van der Waals surface area contributed by atoms with Gasteiger partial charge < -0.3 is 14.8 Å². The standard InChI is InChI=1S/C7H15NO2/c1-9-7-2-3-8-4-5-10-6-7/h7-8H,2-6H2,1H3. The van der Waals surface area contributed by atoms with Crippen LogP contribution in [-0.4, -0.2) is 39.5 Å². The van der Waals surface area contributed by atoms with E-state index in [-0.39, 0.29) is 6.10 Å². The van der Waals surface area contributed by atoms with Gasteiger partial charge in [-0.1, -0.05) is 0 Å². The smallest absolute Gasteiger partial charge is 0.0816 e. The molecule has 1 unspecified atom stereocenters. The van der Waals surface area contributed by atoms with E-state index in [0.29, 0.717) is 0 Å². The fourth-order valence-corrected chi connectivity index (χ4v) is 1.02. The highest BCUT2D eigenvalue weighted by Crippen LogP contribution is 1.98. The van der Waals surface area contributed by atoms with Gasteiger partial charge in [-0.05, 0) is 13.0 Å². The van der Waals surface area contributed by atoms with Crippen LogP contribution < -0.4 is 5.32 Å². The van der Waals surface area contributed by atoms with Crippen molar-refractivity contribution in [3.8, 4) is 0 Å². The van der Waals surface area contributed by atoms with E-state index in [9.17, 15) is 0 Å². The lowest BCUT2D eigenvalue weighted by atomic mass is 10.2. The summed E-state index contributed by atoms with van der Waals surface area (Å²) in [5.41, 5.74) is 0. The third-order valence-corrected chi connectivity index (χ3v) is 1.70. The van der Waals surface area contributed by atoms with Gasteiger partial charge in [-0.2, -0.15) is 0 Å². The monoisotopic (exact) mass is 145 g/mol. The van der Waals surface area contributed by atoms with E-state index in [4.69, 9.17) is 9.47 Å². The zero-order valence-corrected chi connectivity index (χ0v) is 6.43. The molecule has 0 saturated carbocycles. The Kier molecular flexibility index (Phi) is 3.72.